The summed E-state index contributed by atoms with van der Waals surface area (Å²) < 4.78 is 0. The van der Waals surface area contributed by atoms with E-state index in [1.54, 1.807) is 4.90 Å². The summed E-state index contributed by atoms with van der Waals surface area (Å²) in [6.07, 6.45) is 1.27. The maximum Gasteiger partial charge on any atom is 0.243 e. The molecule has 0 aliphatic heterocycles. The van der Waals surface area contributed by atoms with Crippen LogP contribution in [0.4, 0.5) is 0 Å². The van der Waals surface area contributed by atoms with Crippen molar-refractivity contribution < 1.29 is 9.59 Å². The fraction of sp³-hybridized carbons (Fsp3) is 0.286. The lowest BCUT2D eigenvalue weighted by Crippen LogP contribution is -2.52. The second kappa shape index (κ2) is 13.2. The predicted molar refractivity (Wildman–Crippen MR) is 141 cm³/mol. The van der Waals surface area contributed by atoms with Gasteiger partial charge in [0.25, 0.3) is 0 Å². The van der Waals surface area contributed by atoms with E-state index in [4.69, 9.17) is 11.6 Å². The zero-order valence-corrected chi connectivity index (χ0v) is 21.2. The summed E-state index contributed by atoms with van der Waals surface area (Å²) in [7, 11) is 0. The van der Waals surface area contributed by atoms with Crippen LogP contribution >= 0.6 is 23.4 Å². The number of nitrogens with one attached hydrogen (secondary N) is 1. The van der Waals surface area contributed by atoms with Crippen molar-refractivity contribution in [3.05, 3.63) is 101 Å². The number of thioether (sulfide) groups is 1. The van der Waals surface area contributed by atoms with Gasteiger partial charge in [-0.3, -0.25) is 9.59 Å². The number of hydrogen-bond acceptors (Lipinski definition) is 3. The van der Waals surface area contributed by atoms with E-state index < -0.39 is 6.04 Å². The van der Waals surface area contributed by atoms with E-state index in [0.29, 0.717) is 18.0 Å². The van der Waals surface area contributed by atoms with Crippen LogP contribution in [0.5, 0.6) is 0 Å². The fourth-order valence-corrected chi connectivity index (χ4v) is 4.44. The standard InChI is InChI=1S/C28H31ClN2O2S/c1-3-21(2)30-28(33)26(18-22-10-6-4-7-11-22)31(19-23-12-8-5-9-13-23)27(32)20-34-25-16-14-24(29)15-17-25/h4-17,21,26H,3,18-20H2,1-2H3,(H,30,33)/t21-,26-/m1/s1. The minimum atomic E-state index is -0.616. The minimum Gasteiger partial charge on any atom is -0.352 e. The summed E-state index contributed by atoms with van der Waals surface area (Å²) in [6, 6.07) is 26.5. The van der Waals surface area contributed by atoms with Gasteiger partial charge in [-0.1, -0.05) is 79.2 Å². The molecule has 0 aromatic heterocycles. The predicted octanol–water partition coefficient (Wildman–Crippen LogP) is 5.99. The molecule has 3 aromatic carbocycles. The number of nitrogens with zero attached hydrogens (tertiary/aromatic N) is 1. The number of benzene rings is 3. The first-order valence-corrected chi connectivity index (χ1v) is 12.9. The van der Waals surface area contributed by atoms with E-state index >= 15 is 0 Å². The van der Waals surface area contributed by atoms with Crippen molar-refractivity contribution in [2.24, 2.45) is 0 Å². The van der Waals surface area contributed by atoms with Gasteiger partial charge in [-0.15, -0.1) is 11.8 Å². The molecule has 178 valence electrons. The third-order valence-electron chi connectivity index (χ3n) is 5.64. The smallest absolute Gasteiger partial charge is 0.243 e. The number of hydrogen-bond donors (Lipinski definition) is 1. The van der Waals surface area contributed by atoms with Crippen LogP contribution in [-0.4, -0.2) is 34.6 Å². The van der Waals surface area contributed by atoms with Crippen LogP contribution in [0.2, 0.25) is 5.02 Å². The van der Waals surface area contributed by atoms with Crippen LogP contribution < -0.4 is 5.32 Å². The van der Waals surface area contributed by atoms with Crippen molar-refractivity contribution in [2.75, 3.05) is 5.75 Å². The molecule has 2 atom stereocenters. The molecule has 0 aliphatic carbocycles. The third kappa shape index (κ3) is 7.93. The second-order valence-electron chi connectivity index (χ2n) is 8.27. The van der Waals surface area contributed by atoms with Gasteiger partial charge in [-0.25, -0.2) is 0 Å². The molecule has 1 N–H and O–H groups in total. The van der Waals surface area contributed by atoms with E-state index in [9.17, 15) is 9.59 Å². The molecule has 0 heterocycles. The number of carbonyl (C=O) groups is 2. The first kappa shape index (κ1) is 25.9. The molecule has 0 aliphatic rings. The lowest BCUT2D eigenvalue weighted by molar-refractivity contribution is -0.139. The molecule has 0 saturated carbocycles. The topological polar surface area (TPSA) is 49.4 Å². The zero-order valence-electron chi connectivity index (χ0n) is 19.6. The Bertz CT molecular complexity index is 1050. The Morgan fingerprint density at radius 2 is 1.50 bits per heavy atom. The molecule has 2 amide bonds. The highest BCUT2D eigenvalue weighted by Crippen LogP contribution is 2.23. The summed E-state index contributed by atoms with van der Waals surface area (Å²) >= 11 is 7.44. The molecule has 6 heteroatoms. The average molecular weight is 495 g/mol. The summed E-state index contributed by atoms with van der Waals surface area (Å²) in [4.78, 5) is 29.7. The van der Waals surface area contributed by atoms with Crippen LogP contribution in [0.15, 0.2) is 89.8 Å². The van der Waals surface area contributed by atoms with Crippen molar-refractivity contribution in [2.45, 2.75) is 50.2 Å². The SMILES string of the molecule is CC[C@@H](C)NC(=O)[C@@H](Cc1ccccc1)N(Cc1ccccc1)C(=O)CSc1ccc(Cl)cc1. The first-order chi connectivity index (χ1) is 16.5. The number of rotatable bonds is 11. The largest absolute Gasteiger partial charge is 0.352 e. The Balaban J connectivity index is 1.88. The molecule has 3 rings (SSSR count). The van der Waals surface area contributed by atoms with Gasteiger partial charge in [-0.05, 0) is 48.7 Å². The highest BCUT2D eigenvalue weighted by atomic mass is 35.5. The number of amides is 2. The van der Waals surface area contributed by atoms with E-state index in [0.717, 1.165) is 22.4 Å². The van der Waals surface area contributed by atoms with Gasteiger partial charge < -0.3 is 10.2 Å². The lowest BCUT2D eigenvalue weighted by atomic mass is 10.0. The molecule has 0 radical (unpaired) electrons. The van der Waals surface area contributed by atoms with Gasteiger partial charge in [0, 0.05) is 28.9 Å². The Morgan fingerprint density at radius 3 is 2.09 bits per heavy atom. The fourth-order valence-electron chi connectivity index (χ4n) is 3.53. The first-order valence-electron chi connectivity index (χ1n) is 11.5. The summed E-state index contributed by atoms with van der Waals surface area (Å²) in [5, 5.41) is 3.76. The molecule has 0 bridgehead atoms. The van der Waals surface area contributed by atoms with Gasteiger partial charge in [-0.2, -0.15) is 0 Å². The summed E-state index contributed by atoms with van der Waals surface area (Å²) in [6.45, 7) is 4.39. The molecular weight excluding hydrogens is 464 g/mol. The van der Waals surface area contributed by atoms with E-state index in [2.05, 4.69) is 5.32 Å². The second-order valence-corrected chi connectivity index (χ2v) is 9.76. The van der Waals surface area contributed by atoms with Crippen molar-refractivity contribution in [3.8, 4) is 0 Å². The zero-order chi connectivity index (χ0) is 24.3. The van der Waals surface area contributed by atoms with Crippen molar-refractivity contribution in [3.63, 3.8) is 0 Å². The van der Waals surface area contributed by atoms with Crippen LogP contribution in [0, 0.1) is 0 Å². The number of carbonyl (C=O) groups excluding carboxylic acids is 2. The van der Waals surface area contributed by atoms with Crippen molar-refractivity contribution in [1.29, 1.82) is 0 Å². The van der Waals surface area contributed by atoms with Crippen molar-refractivity contribution in [1.82, 2.24) is 10.2 Å². The summed E-state index contributed by atoms with van der Waals surface area (Å²) in [5.41, 5.74) is 2.00. The van der Waals surface area contributed by atoms with E-state index in [1.165, 1.54) is 11.8 Å². The van der Waals surface area contributed by atoms with E-state index in [1.807, 2.05) is 98.8 Å². The van der Waals surface area contributed by atoms with Gasteiger partial charge in [0.15, 0.2) is 0 Å². The number of halogens is 1. The van der Waals surface area contributed by atoms with Crippen LogP contribution in [0.1, 0.15) is 31.4 Å². The average Bonchev–Trinajstić information content (AvgIpc) is 2.86. The summed E-state index contributed by atoms with van der Waals surface area (Å²) in [5.74, 6) is 0.0270. The quantitative estimate of drug-likeness (QED) is 0.333. The lowest BCUT2D eigenvalue weighted by Gasteiger charge is -2.32. The molecule has 0 unspecified atom stereocenters. The Kier molecular flexibility index (Phi) is 10.0. The van der Waals surface area contributed by atoms with Gasteiger partial charge in [0.1, 0.15) is 6.04 Å². The highest BCUT2D eigenvalue weighted by molar-refractivity contribution is 8.00. The normalized spacial score (nSPS) is 12.6. The molecule has 0 saturated heterocycles. The Labute approximate surface area is 211 Å². The third-order valence-corrected chi connectivity index (χ3v) is 6.89. The van der Waals surface area contributed by atoms with Crippen LogP contribution in [0.3, 0.4) is 0 Å². The molecule has 0 spiro atoms. The van der Waals surface area contributed by atoms with Crippen LogP contribution in [0.25, 0.3) is 0 Å². The van der Waals surface area contributed by atoms with E-state index in [-0.39, 0.29) is 23.6 Å². The Hall–Kier alpha value is -2.76. The highest BCUT2D eigenvalue weighted by Gasteiger charge is 2.30. The Morgan fingerprint density at radius 1 is 0.912 bits per heavy atom. The van der Waals surface area contributed by atoms with Gasteiger partial charge in [0.2, 0.25) is 11.8 Å². The molecule has 34 heavy (non-hydrogen) atoms. The maximum absolute atomic E-state index is 13.6. The minimum absolute atomic E-state index is 0.0305. The monoisotopic (exact) mass is 494 g/mol. The molecule has 0 fully saturated rings. The van der Waals surface area contributed by atoms with Crippen molar-refractivity contribution >= 4 is 35.2 Å². The molecular formula is C28H31ClN2O2S. The van der Waals surface area contributed by atoms with Gasteiger partial charge >= 0.3 is 0 Å². The van der Waals surface area contributed by atoms with Crippen LogP contribution in [-0.2, 0) is 22.6 Å². The molecule has 3 aromatic rings. The maximum atomic E-state index is 13.6. The molecule has 4 nitrogen and oxygen atoms in total. The van der Waals surface area contributed by atoms with Gasteiger partial charge in [0.05, 0.1) is 5.75 Å².